The van der Waals surface area contributed by atoms with Gasteiger partial charge in [0.05, 0.1) is 0 Å². The molecule has 0 N–H and O–H groups in total. The molecule has 0 saturated heterocycles. The standard InChI is InChI=1S/3C6H15Si.AsH3/c3*1-4-7(5-2)6-3;/h3*4-6H2,1-3H3;1H3. The van der Waals surface area contributed by atoms with E-state index in [4.69, 9.17) is 0 Å². The average molecular weight is 424 g/mol. The summed E-state index contributed by atoms with van der Waals surface area (Å²) in [7, 11) is 0.412. The normalized spacial score (nSPS) is 9.82. The van der Waals surface area contributed by atoms with Crippen LogP contribution in [-0.4, -0.2) is 44.3 Å². The van der Waals surface area contributed by atoms with Crippen molar-refractivity contribution in [2.75, 3.05) is 0 Å². The van der Waals surface area contributed by atoms with E-state index in [-0.39, 0.29) is 44.3 Å². The first-order chi connectivity index (χ1) is 10.0. The molecule has 0 saturated carbocycles. The van der Waals surface area contributed by atoms with Gasteiger partial charge in [-0.25, -0.2) is 0 Å². The molecule has 0 heterocycles. The molecule has 0 bridgehead atoms. The average Bonchev–Trinajstić information content (AvgIpc) is 2.54. The Labute approximate surface area is 160 Å². The zero-order chi connectivity index (χ0) is 17.1. The molecule has 1 unspecified atom stereocenters. The van der Waals surface area contributed by atoms with Crippen LogP contribution >= 0.6 is 0 Å². The Hall–Kier alpha value is 1.21. The maximum absolute atomic E-state index is 2.31. The second kappa shape index (κ2) is 27.1. The van der Waals surface area contributed by atoms with E-state index in [9.17, 15) is 0 Å². The predicted octanol–water partition coefficient (Wildman–Crippen LogP) is 6.44. The van der Waals surface area contributed by atoms with Gasteiger partial charge in [0.25, 0.3) is 0 Å². The molecular formula is C18H48AsSi3. The second-order valence-corrected chi connectivity index (χ2v) is 16.3. The summed E-state index contributed by atoms with van der Waals surface area (Å²) < 4.78 is 0. The van der Waals surface area contributed by atoms with Gasteiger partial charge in [-0.3, -0.25) is 0 Å². The first kappa shape index (κ1) is 31.0. The number of rotatable bonds is 9. The van der Waals surface area contributed by atoms with Crippen molar-refractivity contribution in [3.05, 3.63) is 0 Å². The Morgan fingerprint density at radius 2 is 0.409 bits per heavy atom. The minimum atomic E-state index is 0. The van der Waals surface area contributed by atoms with Crippen molar-refractivity contribution in [2.45, 2.75) is 117 Å². The van der Waals surface area contributed by atoms with Crippen LogP contribution in [0.1, 0.15) is 62.3 Å². The molecule has 0 amide bonds. The molecule has 0 aliphatic heterocycles. The van der Waals surface area contributed by atoms with E-state index in [0.29, 0.717) is 0 Å². The summed E-state index contributed by atoms with van der Waals surface area (Å²) in [5, 5.41) is 0. The minimum absolute atomic E-state index is 0. The SMILES string of the molecule is CC[Si](CC)CC.CC[Si](CC)CC.CC[Si](CC)CC.[AsH3]. The van der Waals surface area contributed by atoms with E-state index in [2.05, 4.69) is 62.3 Å². The fraction of sp³-hybridized carbons (Fsp3) is 1.00. The van der Waals surface area contributed by atoms with Gasteiger partial charge < -0.3 is 0 Å². The Bertz CT molecular complexity index is 111. The summed E-state index contributed by atoms with van der Waals surface area (Å²) in [6.07, 6.45) is 0. The molecule has 137 valence electrons. The summed E-state index contributed by atoms with van der Waals surface area (Å²) >= 11 is 0. The molecule has 0 aliphatic rings. The maximum atomic E-state index is 2.31. The summed E-state index contributed by atoms with van der Waals surface area (Å²) in [5.41, 5.74) is 0. The third-order valence-corrected chi connectivity index (χ3v) is 13.5. The molecule has 22 heavy (non-hydrogen) atoms. The van der Waals surface area contributed by atoms with Crippen molar-refractivity contribution >= 4 is 44.3 Å². The van der Waals surface area contributed by atoms with Crippen LogP contribution in [-0.2, 0) is 0 Å². The van der Waals surface area contributed by atoms with Crippen LogP contribution in [0.4, 0.5) is 0 Å². The van der Waals surface area contributed by atoms with Gasteiger partial charge in [0.2, 0.25) is 0 Å². The molecule has 0 rings (SSSR count). The van der Waals surface area contributed by atoms with Gasteiger partial charge in [0.1, 0.15) is 0 Å². The van der Waals surface area contributed by atoms with Gasteiger partial charge in [-0.15, -0.1) is 0 Å². The van der Waals surface area contributed by atoms with Crippen molar-refractivity contribution in [1.82, 2.24) is 0 Å². The van der Waals surface area contributed by atoms with Gasteiger partial charge in [-0.05, 0) is 0 Å². The van der Waals surface area contributed by atoms with Gasteiger partial charge in [0, 0.05) is 26.4 Å². The van der Waals surface area contributed by atoms with Crippen molar-refractivity contribution in [3.8, 4) is 0 Å². The summed E-state index contributed by atoms with van der Waals surface area (Å²) in [6, 6.07) is 13.1. The van der Waals surface area contributed by atoms with Crippen LogP contribution in [0.25, 0.3) is 0 Å². The van der Waals surface area contributed by atoms with Crippen molar-refractivity contribution in [2.24, 2.45) is 0 Å². The monoisotopic (exact) mass is 423 g/mol. The van der Waals surface area contributed by atoms with E-state index >= 15 is 0 Å². The molecule has 0 aliphatic carbocycles. The molecule has 0 nitrogen and oxygen atoms in total. The summed E-state index contributed by atoms with van der Waals surface area (Å²) in [5.74, 6) is 0. The Balaban J connectivity index is -0.000000108. The van der Waals surface area contributed by atoms with E-state index in [1.807, 2.05) is 0 Å². The van der Waals surface area contributed by atoms with Gasteiger partial charge in [-0.2, -0.15) is 0 Å². The van der Waals surface area contributed by atoms with Crippen LogP contribution in [0, 0.1) is 0 Å². The zero-order valence-corrected chi connectivity index (χ0v) is 23.5. The molecular weight excluding hydrogens is 375 g/mol. The third kappa shape index (κ3) is 23.5. The Morgan fingerprint density at radius 3 is 0.409 bits per heavy atom. The van der Waals surface area contributed by atoms with Crippen molar-refractivity contribution in [3.63, 3.8) is 0 Å². The first-order valence-electron chi connectivity index (χ1n) is 9.55. The van der Waals surface area contributed by atoms with E-state index in [1.54, 1.807) is 0 Å². The van der Waals surface area contributed by atoms with Crippen molar-refractivity contribution < 1.29 is 0 Å². The van der Waals surface area contributed by atoms with Crippen LogP contribution in [0.3, 0.4) is 0 Å². The van der Waals surface area contributed by atoms with Crippen LogP contribution in [0.15, 0.2) is 0 Å². The molecule has 0 fully saturated rings. The molecule has 0 aromatic heterocycles. The molecule has 0 spiro atoms. The van der Waals surface area contributed by atoms with Crippen molar-refractivity contribution in [1.29, 1.82) is 0 Å². The zero-order valence-electron chi connectivity index (χ0n) is 17.6. The predicted molar refractivity (Wildman–Crippen MR) is 122 cm³/mol. The Kier molecular flexibility index (Phi) is 38.2. The molecule has 4 heteroatoms. The van der Waals surface area contributed by atoms with E-state index < -0.39 is 0 Å². The Morgan fingerprint density at radius 1 is 0.318 bits per heavy atom. The van der Waals surface area contributed by atoms with Gasteiger partial charge in [0.15, 0.2) is 0 Å². The summed E-state index contributed by atoms with van der Waals surface area (Å²) in [4.78, 5) is 0. The van der Waals surface area contributed by atoms with Crippen LogP contribution < -0.4 is 0 Å². The second-order valence-electron chi connectivity index (χ2n) is 5.43. The molecule has 1 atom stereocenters. The number of hydrogen-bond acceptors (Lipinski definition) is 0. The molecule has 0 aromatic rings. The third-order valence-electron chi connectivity index (χ3n) is 4.50. The molecule has 3 radical (unpaired) electrons. The first-order valence-corrected chi connectivity index (χ1v) is 15.9. The van der Waals surface area contributed by atoms with E-state index in [0.717, 1.165) is 0 Å². The fourth-order valence-corrected chi connectivity index (χ4v) is 6.75. The van der Waals surface area contributed by atoms with E-state index in [1.165, 1.54) is 54.4 Å². The van der Waals surface area contributed by atoms with Gasteiger partial charge in [-0.1, -0.05) is 117 Å². The summed E-state index contributed by atoms with van der Waals surface area (Å²) in [6.45, 7) is 20.8. The quantitative estimate of drug-likeness (QED) is 0.374. The fourth-order valence-electron chi connectivity index (χ4n) is 2.25. The van der Waals surface area contributed by atoms with Crippen LogP contribution in [0.5, 0.6) is 0 Å². The van der Waals surface area contributed by atoms with Gasteiger partial charge >= 0.3 is 18.0 Å². The topological polar surface area (TPSA) is 0 Å². The molecule has 0 aromatic carbocycles. The van der Waals surface area contributed by atoms with Crippen LogP contribution in [0.2, 0.25) is 54.4 Å². The number of hydrogen-bond donors (Lipinski definition) is 0.